The summed E-state index contributed by atoms with van der Waals surface area (Å²) in [4.78, 5) is 1.02. The Morgan fingerprint density at radius 1 is 1.67 bits per heavy atom. The van der Waals surface area contributed by atoms with Gasteiger partial charge in [0.05, 0.1) is 15.9 Å². The average molecular weight is 250 g/mol. The third-order valence-electron chi connectivity index (χ3n) is 1.76. The summed E-state index contributed by atoms with van der Waals surface area (Å²) in [5, 5.41) is 9.46. The standard InChI is InChI=1S/C8H12BrNOS/c1-2-5(11)8(10)6-3-4-7(9)12-6/h3-5,8,11H,2,10H2,1H3/t5-,8-/m0/s1. The summed E-state index contributed by atoms with van der Waals surface area (Å²) < 4.78 is 1.05. The zero-order chi connectivity index (χ0) is 9.14. The first-order valence-corrected chi connectivity index (χ1v) is 5.45. The maximum atomic E-state index is 9.46. The molecular weight excluding hydrogens is 238 g/mol. The second-order valence-corrected chi connectivity index (χ2v) is 5.14. The Morgan fingerprint density at radius 3 is 2.75 bits per heavy atom. The Morgan fingerprint density at radius 2 is 2.33 bits per heavy atom. The van der Waals surface area contributed by atoms with Crippen molar-refractivity contribution in [3.63, 3.8) is 0 Å². The molecule has 1 aromatic heterocycles. The van der Waals surface area contributed by atoms with E-state index < -0.39 is 6.10 Å². The van der Waals surface area contributed by atoms with Gasteiger partial charge in [-0.05, 0) is 34.5 Å². The number of hydrogen-bond donors (Lipinski definition) is 2. The first kappa shape index (κ1) is 10.2. The van der Waals surface area contributed by atoms with Gasteiger partial charge < -0.3 is 10.8 Å². The summed E-state index contributed by atoms with van der Waals surface area (Å²) in [6, 6.07) is 3.65. The Balaban J connectivity index is 2.70. The van der Waals surface area contributed by atoms with Gasteiger partial charge in [-0.15, -0.1) is 11.3 Å². The van der Waals surface area contributed by atoms with Crippen molar-refractivity contribution < 1.29 is 5.11 Å². The van der Waals surface area contributed by atoms with Crippen LogP contribution in [0.4, 0.5) is 0 Å². The van der Waals surface area contributed by atoms with Crippen molar-refractivity contribution in [3.8, 4) is 0 Å². The van der Waals surface area contributed by atoms with E-state index in [9.17, 15) is 5.11 Å². The van der Waals surface area contributed by atoms with E-state index in [0.717, 1.165) is 8.66 Å². The number of nitrogens with two attached hydrogens (primary N) is 1. The van der Waals surface area contributed by atoms with Crippen molar-refractivity contribution in [2.24, 2.45) is 5.73 Å². The minimum atomic E-state index is -0.435. The monoisotopic (exact) mass is 249 g/mol. The van der Waals surface area contributed by atoms with Gasteiger partial charge in [-0.1, -0.05) is 6.92 Å². The first-order chi connectivity index (χ1) is 5.65. The summed E-state index contributed by atoms with van der Waals surface area (Å²) in [5.74, 6) is 0. The highest BCUT2D eigenvalue weighted by Gasteiger charge is 2.16. The predicted octanol–water partition coefficient (Wildman–Crippen LogP) is 2.28. The van der Waals surface area contributed by atoms with Gasteiger partial charge in [-0.3, -0.25) is 0 Å². The molecule has 1 rings (SSSR count). The molecule has 0 bridgehead atoms. The van der Waals surface area contributed by atoms with Crippen LogP contribution in [0.5, 0.6) is 0 Å². The SMILES string of the molecule is CC[C@H](O)[C@H](N)c1ccc(Br)s1. The van der Waals surface area contributed by atoms with E-state index in [-0.39, 0.29) is 6.04 Å². The molecule has 0 radical (unpaired) electrons. The van der Waals surface area contributed by atoms with E-state index in [2.05, 4.69) is 15.9 Å². The lowest BCUT2D eigenvalue weighted by atomic mass is 10.1. The molecule has 3 N–H and O–H groups in total. The molecular formula is C8H12BrNOS. The number of rotatable bonds is 3. The van der Waals surface area contributed by atoms with Gasteiger partial charge in [-0.25, -0.2) is 0 Å². The second-order valence-electron chi connectivity index (χ2n) is 2.64. The zero-order valence-corrected chi connectivity index (χ0v) is 9.23. The summed E-state index contributed by atoms with van der Waals surface area (Å²) in [7, 11) is 0. The molecule has 12 heavy (non-hydrogen) atoms. The topological polar surface area (TPSA) is 46.2 Å². The van der Waals surface area contributed by atoms with E-state index >= 15 is 0 Å². The molecule has 2 nitrogen and oxygen atoms in total. The van der Waals surface area contributed by atoms with Gasteiger partial charge in [0.2, 0.25) is 0 Å². The quantitative estimate of drug-likeness (QED) is 0.864. The minimum absolute atomic E-state index is 0.244. The van der Waals surface area contributed by atoms with Crippen LogP contribution in [0.25, 0.3) is 0 Å². The molecule has 68 valence electrons. The van der Waals surface area contributed by atoms with Crippen LogP contribution >= 0.6 is 27.3 Å². The molecule has 0 fully saturated rings. The predicted molar refractivity (Wildman–Crippen MR) is 55.2 cm³/mol. The summed E-state index contributed by atoms with van der Waals surface area (Å²) in [6.45, 7) is 1.92. The van der Waals surface area contributed by atoms with Crippen LogP contribution in [0.1, 0.15) is 24.3 Å². The third-order valence-corrected chi connectivity index (χ3v) is 3.48. The maximum Gasteiger partial charge on any atom is 0.0738 e. The van der Waals surface area contributed by atoms with Crippen molar-refractivity contribution in [2.45, 2.75) is 25.5 Å². The van der Waals surface area contributed by atoms with Gasteiger partial charge in [0, 0.05) is 4.88 Å². The molecule has 0 aromatic carbocycles. The van der Waals surface area contributed by atoms with Crippen molar-refractivity contribution in [1.82, 2.24) is 0 Å². The molecule has 0 saturated heterocycles. The molecule has 1 aromatic rings. The minimum Gasteiger partial charge on any atom is -0.391 e. The third kappa shape index (κ3) is 2.29. The van der Waals surface area contributed by atoms with Crippen LogP contribution in [0, 0.1) is 0 Å². The Hall–Kier alpha value is 0.1000. The fourth-order valence-electron chi connectivity index (χ4n) is 0.951. The molecule has 4 heteroatoms. The Bertz CT molecular complexity index is 251. The molecule has 0 amide bonds. The molecule has 0 aliphatic heterocycles. The highest BCUT2D eigenvalue weighted by molar-refractivity contribution is 9.11. The van der Waals surface area contributed by atoms with Crippen LogP contribution in [-0.2, 0) is 0 Å². The van der Waals surface area contributed by atoms with Gasteiger partial charge >= 0.3 is 0 Å². The second kappa shape index (κ2) is 4.37. The maximum absolute atomic E-state index is 9.46. The normalized spacial score (nSPS) is 16.0. The van der Waals surface area contributed by atoms with Gasteiger partial charge in [0.15, 0.2) is 0 Å². The molecule has 0 saturated carbocycles. The van der Waals surface area contributed by atoms with Gasteiger partial charge in [-0.2, -0.15) is 0 Å². The number of hydrogen-bond acceptors (Lipinski definition) is 3. The van der Waals surface area contributed by atoms with E-state index in [1.807, 2.05) is 19.1 Å². The van der Waals surface area contributed by atoms with E-state index in [1.54, 1.807) is 11.3 Å². The lowest BCUT2D eigenvalue weighted by Crippen LogP contribution is -2.24. The number of aliphatic hydroxyl groups is 1. The van der Waals surface area contributed by atoms with Crippen molar-refractivity contribution in [1.29, 1.82) is 0 Å². The van der Waals surface area contributed by atoms with Gasteiger partial charge in [0.25, 0.3) is 0 Å². The largest absolute Gasteiger partial charge is 0.391 e. The Labute approximate surface area is 84.5 Å². The molecule has 0 unspecified atom stereocenters. The lowest BCUT2D eigenvalue weighted by Gasteiger charge is -2.14. The van der Waals surface area contributed by atoms with E-state index in [4.69, 9.17) is 5.73 Å². The van der Waals surface area contributed by atoms with Crippen molar-refractivity contribution in [3.05, 3.63) is 20.8 Å². The highest BCUT2D eigenvalue weighted by Crippen LogP contribution is 2.28. The summed E-state index contributed by atoms with van der Waals surface area (Å²) >= 11 is 4.92. The van der Waals surface area contributed by atoms with Gasteiger partial charge in [0.1, 0.15) is 0 Å². The van der Waals surface area contributed by atoms with Crippen molar-refractivity contribution >= 4 is 27.3 Å². The lowest BCUT2D eigenvalue weighted by molar-refractivity contribution is 0.142. The smallest absolute Gasteiger partial charge is 0.0738 e. The van der Waals surface area contributed by atoms with Crippen LogP contribution in [0.15, 0.2) is 15.9 Å². The average Bonchev–Trinajstić information content (AvgIpc) is 2.49. The Kier molecular flexibility index (Phi) is 3.71. The number of aliphatic hydroxyl groups excluding tert-OH is 1. The fraction of sp³-hybridized carbons (Fsp3) is 0.500. The van der Waals surface area contributed by atoms with Crippen LogP contribution in [-0.4, -0.2) is 11.2 Å². The zero-order valence-electron chi connectivity index (χ0n) is 6.83. The highest BCUT2D eigenvalue weighted by atomic mass is 79.9. The number of halogens is 1. The molecule has 1 heterocycles. The first-order valence-electron chi connectivity index (χ1n) is 3.84. The molecule has 2 atom stereocenters. The van der Waals surface area contributed by atoms with Crippen LogP contribution < -0.4 is 5.73 Å². The molecule has 0 aliphatic rings. The number of thiophene rings is 1. The van der Waals surface area contributed by atoms with Crippen LogP contribution in [0.3, 0.4) is 0 Å². The van der Waals surface area contributed by atoms with E-state index in [0.29, 0.717) is 6.42 Å². The van der Waals surface area contributed by atoms with Crippen LogP contribution in [0.2, 0.25) is 0 Å². The fourth-order valence-corrected chi connectivity index (χ4v) is 2.43. The molecule has 0 spiro atoms. The summed E-state index contributed by atoms with van der Waals surface area (Å²) in [6.07, 6.45) is 0.256. The van der Waals surface area contributed by atoms with E-state index in [1.165, 1.54) is 0 Å². The molecule has 0 aliphatic carbocycles. The van der Waals surface area contributed by atoms with Crippen molar-refractivity contribution in [2.75, 3.05) is 0 Å². The summed E-state index contributed by atoms with van der Waals surface area (Å²) in [5.41, 5.74) is 5.80.